The van der Waals surface area contributed by atoms with Crippen LogP contribution in [0.25, 0.3) is 10.4 Å². The molecule has 1 aromatic carbocycles. The summed E-state index contributed by atoms with van der Waals surface area (Å²) in [6.07, 6.45) is 0.507. The zero-order valence-corrected chi connectivity index (χ0v) is 10.2. The Labute approximate surface area is 108 Å². The van der Waals surface area contributed by atoms with Crippen LogP contribution < -0.4 is 4.90 Å². The summed E-state index contributed by atoms with van der Waals surface area (Å²) in [5, 5.41) is 4.38. The van der Waals surface area contributed by atoms with Gasteiger partial charge in [-0.1, -0.05) is 28.3 Å². The van der Waals surface area contributed by atoms with E-state index in [1.165, 1.54) is 4.90 Å². The van der Waals surface area contributed by atoms with Gasteiger partial charge >= 0.3 is 0 Å². The summed E-state index contributed by atoms with van der Waals surface area (Å²) in [4.78, 5) is 16.1. The van der Waals surface area contributed by atoms with Gasteiger partial charge in [0.05, 0.1) is 0 Å². The molecule has 0 spiro atoms. The SMILES string of the molecule is [N-]=[N+]=NC1CCN(c2cc(Cl)cc(Cl)c2)C1=O. The summed E-state index contributed by atoms with van der Waals surface area (Å²) in [6, 6.07) is 4.28. The first-order valence-electron chi connectivity index (χ1n) is 4.93. The summed E-state index contributed by atoms with van der Waals surface area (Å²) in [5.41, 5.74) is 8.96. The second kappa shape index (κ2) is 4.84. The van der Waals surface area contributed by atoms with Gasteiger partial charge in [-0.05, 0) is 30.2 Å². The fourth-order valence-electron chi connectivity index (χ4n) is 1.79. The van der Waals surface area contributed by atoms with Crippen LogP contribution in [0, 0.1) is 0 Å². The zero-order chi connectivity index (χ0) is 12.4. The van der Waals surface area contributed by atoms with Crippen LogP contribution in [0.1, 0.15) is 6.42 Å². The van der Waals surface area contributed by atoms with Gasteiger partial charge in [0.15, 0.2) is 0 Å². The van der Waals surface area contributed by atoms with Crippen LogP contribution >= 0.6 is 23.2 Å². The van der Waals surface area contributed by atoms with Crippen molar-refractivity contribution in [3.05, 3.63) is 38.7 Å². The molecule has 1 aromatic rings. The van der Waals surface area contributed by atoms with Gasteiger partial charge in [-0.25, -0.2) is 0 Å². The fraction of sp³-hybridized carbons (Fsp3) is 0.300. The van der Waals surface area contributed by atoms with Crippen molar-refractivity contribution in [2.75, 3.05) is 11.4 Å². The molecule has 88 valence electrons. The van der Waals surface area contributed by atoms with Gasteiger partial charge in [0.1, 0.15) is 6.04 Å². The monoisotopic (exact) mass is 270 g/mol. The van der Waals surface area contributed by atoms with Crippen LogP contribution in [0.2, 0.25) is 10.0 Å². The van der Waals surface area contributed by atoms with Gasteiger partial charge < -0.3 is 4.90 Å². The maximum absolute atomic E-state index is 11.9. The number of amides is 1. The molecule has 1 amide bonds. The predicted molar refractivity (Wildman–Crippen MR) is 66.4 cm³/mol. The van der Waals surface area contributed by atoms with E-state index in [1.54, 1.807) is 18.2 Å². The van der Waals surface area contributed by atoms with Crippen LogP contribution in [0.4, 0.5) is 5.69 Å². The van der Waals surface area contributed by atoms with Crippen LogP contribution in [0.15, 0.2) is 23.3 Å². The molecular weight excluding hydrogens is 263 g/mol. The molecule has 0 aliphatic carbocycles. The fourth-order valence-corrected chi connectivity index (χ4v) is 2.30. The molecule has 0 bridgehead atoms. The summed E-state index contributed by atoms with van der Waals surface area (Å²) in [6.45, 7) is 0.499. The molecule has 2 rings (SSSR count). The van der Waals surface area contributed by atoms with E-state index >= 15 is 0 Å². The van der Waals surface area contributed by atoms with Gasteiger partial charge in [0.2, 0.25) is 5.91 Å². The van der Waals surface area contributed by atoms with E-state index in [2.05, 4.69) is 10.0 Å². The normalized spacial score (nSPS) is 19.3. The van der Waals surface area contributed by atoms with Gasteiger partial charge in [-0.3, -0.25) is 4.79 Å². The van der Waals surface area contributed by atoms with Crippen molar-refractivity contribution in [2.45, 2.75) is 12.5 Å². The first-order valence-corrected chi connectivity index (χ1v) is 5.69. The number of carbonyl (C=O) groups excluding carboxylic acids is 1. The van der Waals surface area contributed by atoms with E-state index in [0.717, 1.165) is 0 Å². The van der Waals surface area contributed by atoms with Crippen LogP contribution in [0.3, 0.4) is 0 Å². The van der Waals surface area contributed by atoms with Crippen molar-refractivity contribution in [2.24, 2.45) is 5.11 Å². The van der Waals surface area contributed by atoms with E-state index in [-0.39, 0.29) is 5.91 Å². The molecule has 1 unspecified atom stereocenters. The lowest BCUT2D eigenvalue weighted by Crippen LogP contribution is -2.28. The molecule has 0 aromatic heterocycles. The number of hydrogen-bond acceptors (Lipinski definition) is 2. The van der Waals surface area contributed by atoms with Crippen molar-refractivity contribution in [3.63, 3.8) is 0 Å². The third-order valence-electron chi connectivity index (χ3n) is 2.53. The van der Waals surface area contributed by atoms with E-state index in [4.69, 9.17) is 28.7 Å². The minimum atomic E-state index is -0.627. The van der Waals surface area contributed by atoms with Crippen molar-refractivity contribution in [1.29, 1.82) is 0 Å². The molecule has 0 saturated carbocycles. The minimum Gasteiger partial charge on any atom is -0.312 e. The molecule has 1 aliphatic rings. The quantitative estimate of drug-likeness (QED) is 0.461. The highest BCUT2D eigenvalue weighted by atomic mass is 35.5. The Morgan fingerprint density at radius 3 is 2.59 bits per heavy atom. The third-order valence-corrected chi connectivity index (χ3v) is 2.96. The summed E-state index contributed by atoms with van der Waals surface area (Å²) >= 11 is 11.7. The second-order valence-electron chi connectivity index (χ2n) is 3.63. The maximum Gasteiger partial charge on any atom is 0.236 e. The largest absolute Gasteiger partial charge is 0.312 e. The van der Waals surface area contributed by atoms with Crippen molar-refractivity contribution in [1.82, 2.24) is 0 Å². The molecule has 1 saturated heterocycles. The Hall–Kier alpha value is -1.42. The molecule has 0 radical (unpaired) electrons. The van der Waals surface area contributed by atoms with Gasteiger partial charge in [0.25, 0.3) is 0 Å². The molecule has 5 nitrogen and oxygen atoms in total. The Kier molecular flexibility index (Phi) is 3.43. The zero-order valence-electron chi connectivity index (χ0n) is 8.68. The average Bonchev–Trinajstić information content (AvgIpc) is 2.60. The Morgan fingerprint density at radius 1 is 1.35 bits per heavy atom. The molecule has 1 aliphatic heterocycles. The van der Waals surface area contributed by atoms with Crippen LogP contribution in [0.5, 0.6) is 0 Å². The third kappa shape index (κ3) is 2.47. The number of hydrogen-bond donors (Lipinski definition) is 0. The van der Waals surface area contributed by atoms with Crippen molar-refractivity contribution < 1.29 is 4.79 Å². The molecule has 0 N–H and O–H groups in total. The number of nitrogens with zero attached hydrogens (tertiary/aromatic N) is 4. The Morgan fingerprint density at radius 2 is 2.00 bits per heavy atom. The number of azide groups is 1. The molecule has 7 heteroatoms. The van der Waals surface area contributed by atoms with Crippen LogP contribution in [-0.2, 0) is 4.79 Å². The predicted octanol–water partition coefficient (Wildman–Crippen LogP) is 3.41. The molecular formula is C10H8Cl2N4O. The average molecular weight is 271 g/mol. The number of halogens is 2. The molecule has 1 atom stereocenters. The smallest absolute Gasteiger partial charge is 0.236 e. The van der Waals surface area contributed by atoms with Gasteiger partial charge in [0, 0.05) is 27.2 Å². The highest BCUT2D eigenvalue weighted by Gasteiger charge is 2.31. The van der Waals surface area contributed by atoms with Crippen LogP contribution in [-0.4, -0.2) is 18.5 Å². The number of carbonyl (C=O) groups is 1. The number of rotatable bonds is 2. The molecule has 1 heterocycles. The van der Waals surface area contributed by atoms with E-state index in [0.29, 0.717) is 28.7 Å². The number of anilines is 1. The summed E-state index contributed by atoms with van der Waals surface area (Å²) < 4.78 is 0. The highest BCUT2D eigenvalue weighted by Crippen LogP contribution is 2.29. The lowest BCUT2D eigenvalue weighted by molar-refractivity contribution is -0.118. The highest BCUT2D eigenvalue weighted by molar-refractivity contribution is 6.35. The van der Waals surface area contributed by atoms with E-state index in [1.807, 2.05) is 0 Å². The lowest BCUT2D eigenvalue weighted by atomic mass is 10.3. The second-order valence-corrected chi connectivity index (χ2v) is 4.50. The topological polar surface area (TPSA) is 69.1 Å². The van der Waals surface area contributed by atoms with Crippen molar-refractivity contribution >= 4 is 34.8 Å². The molecule has 17 heavy (non-hydrogen) atoms. The summed E-state index contributed by atoms with van der Waals surface area (Å²) in [5.74, 6) is -0.221. The maximum atomic E-state index is 11.9. The van der Waals surface area contributed by atoms with Gasteiger partial charge in [-0.2, -0.15) is 0 Å². The van der Waals surface area contributed by atoms with Gasteiger partial charge in [-0.15, -0.1) is 0 Å². The molecule has 1 fully saturated rings. The Bertz CT molecular complexity index is 493. The van der Waals surface area contributed by atoms with E-state index < -0.39 is 6.04 Å². The first kappa shape index (κ1) is 12.0. The first-order chi connectivity index (χ1) is 8.11. The summed E-state index contributed by atoms with van der Waals surface area (Å²) in [7, 11) is 0. The minimum absolute atomic E-state index is 0.221. The number of benzene rings is 1. The van der Waals surface area contributed by atoms with E-state index in [9.17, 15) is 4.79 Å². The standard InChI is InChI=1S/C10H8Cl2N4O/c11-6-3-7(12)5-8(4-6)16-2-1-9(10(16)17)14-15-13/h3-5,9H,1-2H2. The Balaban J connectivity index is 2.30. The van der Waals surface area contributed by atoms with Crippen molar-refractivity contribution in [3.8, 4) is 0 Å². The lowest BCUT2D eigenvalue weighted by Gasteiger charge is -2.16.